The van der Waals surface area contributed by atoms with E-state index in [9.17, 15) is 0 Å². The summed E-state index contributed by atoms with van der Waals surface area (Å²) < 4.78 is 5.16. The zero-order valence-corrected chi connectivity index (χ0v) is 30.5. The van der Waals surface area contributed by atoms with Gasteiger partial charge in [-0.3, -0.25) is 0 Å². The van der Waals surface area contributed by atoms with Crippen LogP contribution in [0.3, 0.4) is 0 Å². The predicted molar refractivity (Wildman–Crippen MR) is 203 cm³/mol. The quantitative estimate of drug-likeness (QED) is 0.163. The number of benzene rings is 5. The van der Waals surface area contributed by atoms with Crippen LogP contribution in [0.2, 0.25) is 0 Å². The van der Waals surface area contributed by atoms with Crippen molar-refractivity contribution in [3.8, 4) is 22.5 Å². The van der Waals surface area contributed by atoms with Crippen molar-refractivity contribution in [3.63, 3.8) is 0 Å². The molecule has 10 rings (SSSR count). The fourth-order valence-corrected chi connectivity index (χ4v) is 8.08. The summed E-state index contributed by atoms with van der Waals surface area (Å²) in [5.74, 6) is 0. The number of thiophene rings is 1. The second-order valence-corrected chi connectivity index (χ2v) is 14.4. The van der Waals surface area contributed by atoms with E-state index in [0.29, 0.717) is 0 Å². The van der Waals surface area contributed by atoms with Crippen molar-refractivity contribution in [2.45, 2.75) is 26.2 Å². The number of hydrogen-bond acceptors (Lipinski definition) is 3. The first-order valence-corrected chi connectivity index (χ1v) is 17.1. The van der Waals surface area contributed by atoms with E-state index in [1.54, 1.807) is 6.20 Å². The van der Waals surface area contributed by atoms with Crippen LogP contribution in [0, 0.1) is 12.1 Å². The normalized spacial score (nSPS) is 11.8. The summed E-state index contributed by atoms with van der Waals surface area (Å²) in [6.07, 6.45) is 3.64. The molecule has 0 aliphatic carbocycles. The number of pyridine rings is 2. The minimum absolute atomic E-state index is 0. The van der Waals surface area contributed by atoms with Gasteiger partial charge in [0.15, 0.2) is 0 Å². The van der Waals surface area contributed by atoms with Crippen LogP contribution in [0.15, 0.2) is 134 Å². The van der Waals surface area contributed by atoms with Gasteiger partial charge in [-0.05, 0) is 69.7 Å². The Morgan fingerprint density at radius 3 is 2.02 bits per heavy atom. The Bertz CT molecular complexity index is 2710. The van der Waals surface area contributed by atoms with Crippen LogP contribution in [-0.2, 0) is 25.5 Å². The molecule has 239 valence electrons. The number of aromatic nitrogens is 3. The van der Waals surface area contributed by atoms with E-state index >= 15 is 0 Å². The number of nitrogens with zero attached hydrogens (tertiary/aromatic N) is 3. The van der Waals surface area contributed by atoms with Gasteiger partial charge in [0, 0.05) is 69.0 Å². The van der Waals surface area contributed by atoms with E-state index in [-0.39, 0.29) is 25.5 Å². The molecule has 0 unspecified atom stereocenters. The van der Waals surface area contributed by atoms with Crippen LogP contribution in [0.25, 0.3) is 80.8 Å². The second-order valence-electron chi connectivity index (χ2n) is 13.3. The molecule has 0 amide bonds. The van der Waals surface area contributed by atoms with Crippen molar-refractivity contribution in [2.24, 2.45) is 0 Å². The van der Waals surface area contributed by atoms with Gasteiger partial charge in [-0.2, -0.15) is 0 Å². The summed E-state index contributed by atoms with van der Waals surface area (Å²) >= 11 is 1.89. The largest absolute Gasteiger partial charge is 0.350 e. The molecule has 0 spiro atoms. The van der Waals surface area contributed by atoms with Crippen LogP contribution in [0.5, 0.6) is 0 Å². The van der Waals surface area contributed by atoms with Gasteiger partial charge in [-0.15, -0.1) is 71.0 Å². The third kappa shape index (κ3) is 5.21. The maximum atomic E-state index is 4.59. The van der Waals surface area contributed by atoms with Gasteiger partial charge in [-0.1, -0.05) is 74.7 Å². The summed E-state index contributed by atoms with van der Waals surface area (Å²) in [5, 5.41) is 8.01. The Morgan fingerprint density at radius 2 is 1.31 bits per heavy atom. The Balaban J connectivity index is 0.000000228. The minimum atomic E-state index is 0. The molecule has 10 aromatic rings. The Kier molecular flexibility index (Phi) is 7.80. The standard InChI is InChI=1S/C33H23N2S.C11H8N.Ir/c1-33(2,3)20-17-23-22-16-19(25-9-6-7-15-34-25)11-12-26(22)35-27-13-14-29-31(30(27)24(18-20)32(23)35)21-8-4-5-10-28(21)36-29;1-2-6-10(7-3-1)11-8-4-5-9-12-11;/h4-10,12-18H,1-3H3;1-6,8-9H;/q2*-1;. The third-order valence-corrected chi connectivity index (χ3v) is 10.4. The molecule has 0 saturated heterocycles. The van der Waals surface area contributed by atoms with Gasteiger partial charge < -0.3 is 14.4 Å². The molecule has 0 fully saturated rings. The molecule has 5 aromatic heterocycles. The second kappa shape index (κ2) is 12.2. The third-order valence-electron chi connectivity index (χ3n) is 9.28. The molecule has 5 heteroatoms. The molecule has 0 bridgehead atoms. The zero-order chi connectivity index (χ0) is 32.4. The van der Waals surface area contributed by atoms with E-state index in [1.165, 1.54) is 63.8 Å². The molecule has 0 saturated carbocycles. The van der Waals surface area contributed by atoms with Gasteiger partial charge in [-0.25, -0.2) is 0 Å². The maximum absolute atomic E-state index is 4.59. The minimum Gasteiger partial charge on any atom is -0.350 e. The van der Waals surface area contributed by atoms with Crippen molar-refractivity contribution in [1.29, 1.82) is 0 Å². The molecule has 5 heterocycles. The smallest absolute Gasteiger partial charge is 0.0517 e. The molecule has 5 aromatic carbocycles. The van der Waals surface area contributed by atoms with Crippen LogP contribution < -0.4 is 0 Å². The van der Waals surface area contributed by atoms with Crippen molar-refractivity contribution in [2.75, 3.05) is 0 Å². The van der Waals surface area contributed by atoms with Gasteiger partial charge >= 0.3 is 0 Å². The van der Waals surface area contributed by atoms with Crippen molar-refractivity contribution in [3.05, 3.63) is 151 Å². The fraction of sp³-hybridized carbons (Fsp3) is 0.0909. The van der Waals surface area contributed by atoms with Crippen molar-refractivity contribution < 1.29 is 20.1 Å². The Hall–Kier alpha value is -4.93. The van der Waals surface area contributed by atoms with E-state index < -0.39 is 0 Å². The summed E-state index contributed by atoms with van der Waals surface area (Å²) in [4.78, 5) is 8.80. The first-order valence-electron chi connectivity index (χ1n) is 16.2. The summed E-state index contributed by atoms with van der Waals surface area (Å²) in [7, 11) is 0. The van der Waals surface area contributed by atoms with Crippen LogP contribution in [0.4, 0.5) is 0 Å². The summed E-state index contributed by atoms with van der Waals surface area (Å²) in [6, 6.07) is 49.1. The van der Waals surface area contributed by atoms with Gasteiger partial charge in [0.25, 0.3) is 0 Å². The average Bonchev–Trinajstić information content (AvgIpc) is 3.78. The first-order chi connectivity index (χ1) is 23.5. The topological polar surface area (TPSA) is 30.2 Å². The van der Waals surface area contributed by atoms with Crippen LogP contribution in [0.1, 0.15) is 26.3 Å². The Morgan fingerprint density at radius 1 is 0.592 bits per heavy atom. The molecule has 0 atom stereocenters. The molecule has 0 aliphatic heterocycles. The van der Waals surface area contributed by atoms with Crippen molar-refractivity contribution >= 4 is 69.6 Å². The van der Waals surface area contributed by atoms with E-state index in [1.807, 2.05) is 72.1 Å². The first kappa shape index (κ1) is 31.3. The molecule has 3 nitrogen and oxygen atoms in total. The average molecular weight is 826 g/mol. The molecular formula is C44H31IrN3S-2. The van der Waals surface area contributed by atoms with Crippen molar-refractivity contribution in [1.82, 2.24) is 14.4 Å². The number of fused-ring (bicyclic) bond motifs is 10. The van der Waals surface area contributed by atoms with Gasteiger partial charge in [0.05, 0.1) is 5.52 Å². The molecule has 1 radical (unpaired) electrons. The van der Waals surface area contributed by atoms with E-state index in [2.05, 4.69) is 114 Å². The molecule has 49 heavy (non-hydrogen) atoms. The fourth-order valence-electron chi connectivity index (χ4n) is 6.97. The molecule has 0 N–H and O–H groups in total. The van der Waals surface area contributed by atoms with Crippen LogP contribution >= 0.6 is 11.3 Å². The van der Waals surface area contributed by atoms with Gasteiger partial charge in [0.2, 0.25) is 0 Å². The molecular weight excluding hydrogens is 795 g/mol. The monoisotopic (exact) mass is 826 g/mol. The summed E-state index contributed by atoms with van der Waals surface area (Å²) in [6.45, 7) is 6.93. The maximum Gasteiger partial charge on any atom is 0.0517 e. The van der Waals surface area contributed by atoms with E-state index in [4.69, 9.17) is 0 Å². The number of hydrogen-bond donors (Lipinski definition) is 0. The Labute approximate surface area is 302 Å². The van der Waals surface area contributed by atoms with Crippen LogP contribution in [-0.4, -0.2) is 14.4 Å². The summed E-state index contributed by atoms with van der Waals surface area (Å²) in [5.41, 5.74) is 9.18. The number of rotatable bonds is 2. The predicted octanol–water partition coefficient (Wildman–Crippen LogP) is 11.9. The SMILES string of the molecule is CC(C)(C)c1cc2c3cc(-c4ccccn4)[c-]cc3n3c4ccc5sc6ccccc6c5c4c(c1)c23.[Ir].[c-]1ccccc1-c1ccccn1. The van der Waals surface area contributed by atoms with Gasteiger partial charge in [0.1, 0.15) is 0 Å². The van der Waals surface area contributed by atoms with E-state index in [0.717, 1.165) is 22.5 Å². The molecule has 0 aliphatic rings. The zero-order valence-electron chi connectivity index (χ0n) is 27.3.